The Hall–Kier alpha value is -2.77. The van der Waals surface area contributed by atoms with Crippen molar-refractivity contribution in [1.29, 1.82) is 0 Å². The fourth-order valence-electron chi connectivity index (χ4n) is 5.73. The molecule has 0 unspecified atom stereocenters. The summed E-state index contributed by atoms with van der Waals surface area (Å²) < 4.78 is 0.655. The second-order valence-corrected chi connectivity index (χ2v) is 10.7. The number of primary amides is 1. The fraction of sp³-hybridized carbons (Fsp3) is 0.417. The standard InChI is InChI=1S/C24H25IN2O8/c1-8(28)4-10-7-13(25)11-5-9-6-12-17(27(2)3)20(31)16(23(26)34)22(33)24(12,35)21(32)14(9)19(30)15(11)18(10)29/h7,9,12,17,29,31-32,35H,4-6H2,1-3H3,(H2,26,34)/t9-,12-,17-,24-/m0/s1. The number of ketones is 3. The van der Waals surface area contributed by atoms with Gasteiger partial charge < -0.3 is 26.2 Å². The Morgan fingerprint density at radius 2 is 1.86 bits per heavy atom. The van der Waals surface area contributed by atoms with Crippen molar-refractivity contribution in [2.45, 2.75) is 37.8 Å². The lowest BCUT2D eigenvalue weighted by molar-refractivity contribution is -0.148. The minimum atomic E-state index is -2.68. The van der Waals surface area contributed by atoms with Gasteiger partial charge in [-0.25, -0.2) is 0 Å². The molecule has 10 nitrogen and oxygen atoms in total. The molecule has 11 heteroatoms. The largest absolute Gasteiger partial charge is 0.510 e. The summed E-state index contributed by atoms with van der Waals surface area (Å²) in [4.78, 5) is 52.1. The van der Waals surface area contributed by atoms with Crippen LogP contribution in [0.3, 0.4) is 0 Å². The summed E-state index contributed by atoms with van der Waals surface area (Å²) >= 11 is 2.02. The molecule has 3 aliphatic rings. The van der Waals surface area contributed by atoms with Crippen LogP contribution >= 0.6 is 22.6 Å². The number of halogens is 1. The van der Waals surface area contributed by atoms with Gasteiger partial charge >= 0.3 is 0 Å². The first-order valence-corrected chi connectivity index (χ1v) is 12.0. The molecule has 0 fully saturated rings. The van der Waals surface area contributed by atoms with Crippen LogP contribution in [-0.2, 0) is 27.2 Å². The van der Waals surface area contributed by atoms with Gasteiger partial charge in [-0.15, -0.1) is 0 Å². The number of nitrogens with zero attached hydrogens (tertiary/aromatic N) is 1. The van der Waals surface area contributed by atoms with Crippen molar-refractivity contribution >= 4 is 45.8 Å². The smallest absolute Gasteiger partial charge is 0.255 e. The van der Waals surface area contributed by atoms with E-state index in [1.54, 1.807) is 20.2 Å². The number of hydrogen-bond acceptors (Lipinski definition) is 9. The Morgan fingerprint density at radius 3 is 2.40 bits per heavy atom. The first-order chi connectivity index (χ1) is 16.2. The maximum atomic E-state index is 13.6. The Kier molecular flexibility index (Phi) is 6.09. The van der Waals surface area contributed by atoms with Crippen LogP contribution in [0.2, 0.25) is 0 Å². The topological polar surface area (TPSA) is 178 Å². The Morgan fingerprint density at radius 1 is 1.23 bits per heavy atom. The van der Waals surface area contributed by atoms with Crippen LogP contribution in [0, 0.1) is 15.4 Å². The monoisotopic (exact) mass is 596 g/mol. The quantitative estimate of drug-likeness (QED) is 0.249. The highest BCUT2D eigenvalue weighted by molar-refractivity contribution is 14.1. The zero-order valence-corrected chi connectivity index (χ0v) is 21.4. The SMILES string of the molecule is CC(=O)Cc1cc(I)c2c(c1O)C(=O)C1=C(O)[C@]3(O)C(=O)C(C(N)=O)=C(O)[C@@H](N(C)C)[C@@H]3C[C@@H]1C2. The number of likely N-dealkylation sites (N-methyl/N-ethyl adjacent to an activating group) is 1. The van der Waals surface area contributed by atoms with E-state index in [-0.39, 0.29) is 47.5 Å². The summed E-state index contributed by atoms with van der Waals surface area (Å²) in [5.41, 5.74) is 2.27. The maximum absolute atomic E-state index is 13.6. The number of phenolic OH excluding ortho intramolecular Hbond substituents is 1. The number of allylic oxidation sites excluding steroid dienone is 1. The van der Waals surface area contributed by atoms with Crippen LogP contribution in [0.5, 0.6) is 5.75 Å². The summed E-state index contributed by atoms with van der Waals surface area (Å²) in [5.74, 6) is -7.15. The van der Waals surface area contributed by atoms with Crippen molar-refractivity contribution in [2.75, 3.05) is 14.1 Å². The van der Waals surface area contributed by atoms with Gasteiger partial charge in [0.05, 0.1) is 11.6 Å². The number of benzene rings is 1. The predicted octanol–water partition coefficient (Wildman–Crippen LogP) is 0.857. The highest BCUT2D eigenvalue weighted by Crippen LogP contribution is 2.52. The van der Waals surface area contributed by atoms with Gasteiger partial charge in [0.2, 0.25) is 5.78 Å². The molecule has 1 amide bonds. The molecule has 1 aromatic rings. The number of carbonyl (C=O) groups is 4. The Labute approximate surface area is 214 Å². The van der Waals surface area contributed by atoms with Gasteiger partial charge in [-0.3, -0.25) is 24.1 Å². The molecule has 0 saturated heterocycles. The van der Waals surface area contributed by atoms with Gasteiger partial charge in [-0.1, -0.05) is 0 Å². The molecule has 186 valence electrons. The Bertz CT molecular complexity index is 1280. The van der Waals surface area contributed by atoms with Crippen molar-refractivity contribution in [3.05, 3.63) is 49.0 Å². The van der Waals surface area contributed by atoms with Crippen LogP contribution in [0.4, 0.5) is 0 Å². The summed E-state index contributed by atoms with van der Waals surface area (Å²) in [7, 11) is 3.15. The summed E-state index contributed by atoms with van der Waals surface area (Å²) in [6, 6.07) is 0.600. The van der Waals surface area contributed by atoms with Crippen LogP contribution < -0.4 is 5.73 Å². The number of hydrogen-bond donors (Lipinski definition) is 5. The summed E-state index contributed by atoms with van der Waals surface area (Å²) in [5, 5.41) is 44.4. The van der Waals surface area contributed by atoms with Crippen molar-refractivity contribution in [1.82, 2.24) is 4.90 Å². The maximum Gasteiger partial charge on any atom is 0.255 e. The van der Waals surface area contributed by atoms with Crippen molar-refractivity contribution in [3.8, 4) is 5.75 Å². The van der Waals surface area contributed by atoms with Crippen molar-refractivity contribution < 1.29 is 39.6 Å². The van der Waals surface area contributed by atoms with E-state index in [2.05, 4.69) is 0 Å². The number of phenols is 1. The third-order valence-corrected chi connectivity index (χ3v) is 8.15. The average molecular weight is 596 g/mol. The molecular weight excluding hydrogens is 571 g/mol. The molecule has 0 aliphatic heterocycles. The van der Waals surface area contributed by atoms with Crippen LogP contribution in [0.25, 0.3) is 0 Å². The molecule has 3 aliphatic carbocycles. The molecule has 4 atom stereocenters. The van der Waals surface area contributed by atoms with Crippen molar-refractivity contribution in [2.24, 2.45) is 17.6 Å². The average Bonchev–Trinajstić information content (AvgIpc) is 2.73. The fourth-order valence-corrected chi connectivity index (χ4v) is 6.59. The lowest BCUT2D eigenvalue weighted by Crippen LogP contribution is -2.63. The highest BCUT2D eigenvalue weighted by Gasteiger charge is 2.63. The number of Topliss-reactive ketones (excluding diaryl/α,β-unsaturated/α-hetero) is 3. The molecule has 1 aromatic carbocycles. The molecule has 0 saturated carbocycles. The zero-order chi connectivity index (χ0) is 26.1. The van der Waals surface area contributed by atoms with E-state index in [1.807, 2.05) is 22.6 Å². The normalized spacial score (nSPS) is 28.1. The highest BCUT2D eigenvalue weighted by atomic mass is 127. The van der Waals surface area contributed by atoms with E-state index in [1.165, 1.54) is 11.8 Å². The molecule has 0 spiro atoms. The van der Waals surface area contributed by atoms with Gasteiger partial charge in [-0.05, 0) is 74.0 Å². The molecule has 4 rings (SSSR count). The van der Waals surface area contributed by atoms with Gasteiger partial charge in [0.15, 0.2) is 11.4 Å². The van der Waals surface area contributed by atoms with E-state index < -0.39 is 58.0 Å². The first-order valence-electron chi connectivity index (χ1n) is 10.9. The Balaban J connectivity index is 1.96. The van der Waals surface area contributed by atoms with Crippen LogP contribution in [0.15, 0.2) is 28.7 Å². The van der Waals surface area contributed by atoms with Gasteiger partial charge in [-0.2, -0.15) is 0 Å². The lowest BCUT2D eigenvalue weighted by atomic mass is 9.58. The molecular formula is C24H25IN2O8. The van der Waals surface area contributed by atoms with Crippen molar-refractivity contribution in [3.63, 3.8) is 0 Å². The van der Waals surface area contributed by atoms with E-state index in [4.69, 9.17) is 5.73 Å². The van der Waals surface area contributed by atoms with E-state index in [0.717, 1.165) is 0 Å². The van der Waals surface area contributed by atoms with E-state index >= 15 is 0 Å². The molecule has 0 aromatic heterocycles. The molecule has 0 bridgehead atoms. The van der Waals surface area contributed by atoms with Gasteiger partial charge in [0.25, 0.3) is 5.91 Å². The number of nitrogens with two attached hydrogens (primary N) is 1. The lowest BCUT2D eigenvalue weighted by Gasteiger charge is -2.50. The third kappa shape index (κ3) is 3.51. The number of rotatable bonds is 4. The number of fused-ring (bicyclic) bond motifs is 3. The number of aliphatic hydroxyl groups is 3. The molecule has 6 N–H and O–H groups in total. The summed E-state index contributed by atoms with van der Waals surface area (Å²) in [6.45, 7) is 1.35. The van der Waals surface area contributed by atoms with Crippen LogP contribution in [-0.4, -0.2) is 74.3 Å². The minimum Gasteiger partial charge on any atom is -0.510 e. The third-order valence-electron chi connectivity index (χ3n) is 7.19. The number of aliphatic hydroxyl groups excluding tert-OH is 2. The van der Waals surface area contributed by atoms with E-state index in [9.17, 15) is 39.6 Å². The van der Waals surface area contributed by atoms with Crippen LogP contribution in [0.1, 0.15) is 34.8 Å². The number of amides is 1. The number of aromatic hydroxyl groups is 1. The second kappa shape index (κ2) is 8.42. The second-order valence-electron chi connectivity index (χ2n) is 9.56. The molecule has 0 radical (unpaired) electrons. The zero-order valence-electron chi connectivity index (χ0n) is 19.3. The first kappa shape index (κ1) is 25.3. The van der Waals surface area contributed by atoms with Gasteiger partial charge in [0, 0.05) is 27.0 Å². The van der Waals surface area contributed by atoms with Gasteiger partial charge in [0.1, 0.15) is 28.6 Å². The molecule has 35 heavy (non-hydrogen) atoms. The number of carbonyl (C=O) groups excluding carboxylic acids is 4. The minimum absolute atomic E-state index is 0.0256. The predicted molar refractivity (Wildman–Crippen MR) is 131 cm³/mol. The van der Waals surface area contributed by atoms with E-state index in [0.29, 0.717) is 9.13 Å². The molecule has 0 heterocycles. The summed E-state index contributed by atoms with van der Waals surface area (Å²) in [6.07, 6.45) is 0.135.